The molecule has 174 valence electrons. The van der Waals surface area contributed by atoms with E-state index in [9.17, 15) is 9.59 Å². The maximum Gasteiger partial charge on any atom is 0.254 e. The van der Waals surface area contributed by atoms with Crippen molar-refractivity contribution in [1.29, 1.82) is 0 Å². The molecular formula is C26H22BrClN2O4. The van der Waals surface area contributed by atoms with Gasteiger partial charge in [0.2, 0.25) is 0 Å². The smallest absolute Gasteiger partial charge is 0.254 e. The van der Waals surface area contributed by atoms with Crippen molar-refractivity contribution in [3.63, 3.8) is 0 Å². The van der Waals surface area contributed by atoms with Gasteiger partial charge in [0.15, 0.2) is 11.5 Å². The summed E-state index contributed by atoms with van der Waals surface area (Å²) in [4.78, 5) is 26.2. The van der Waals surface area contributed by atoms with Gasteiger partial charge in [0.1, 0.15) is 6.61 Å². The van der Waals surface area contributed by atoms with Crippen LogP contribution in [0.5, 0.6) is 11.5 Å². The number of hydrogen-bond donors (Lipinski definition) is 0. The summed E-state index contributed by atoms with van der Waals surface area (Å²) in [6, 6.07) is 11.1. The Labute approximate surface area is 210 Å². The lowest BCUT2D eigenvalue weighted by atomic mass is 9.63. The number of carbonyl (C=O) groups excluding carboxylic acids is 2. The molecule has 1 saturated heterocycles. The Morgan fingerprint density at radius 2 is 1.79 bits per heavy atom. The van der Waals surface area contributed by atoms with Crippen LogP contribution in [0.3, 0.4) is 0 Å². The van der Waals surface area contributed by atoms with E-state index in [0.717, 1.165) is 17.0 Å². The first-order chi connectivity index (χ1) is 16.5. The van der Waals surface area contributed by atoms with Crippen molar-refractivity contribution in [3.8, 4) is 11.5 Å². The number of imide groups is 1. The first-order valence-corrected chi connectivity index (χ1v) is 12.5. The molecule has 2 aromatic carbocycles. The Kier molecular flexibility index (Phi) is 5.30. The molecule has 34 heavy (non-hydrogen) atoms. The van der Waals surface area contributed by atoms with Gasteiger partial charge in [-0.05, 0) is 69.8 Å². The van der Waals surface area contributed by atoms with E-state index in [1.54, 1.807) is 13.2 Å². The summed E-state index contributed by atoms with van der Waals surface area (Å²) in [5.41, 5.74) is 1.53. The largest absolute Gasteiger partial charge is 0.493 e. The van der Waals surface area contributed by atoms with Crippen molar-refractivity contribution in [3.05, 3.63) is 69.2 Å². The minimum atomic E-state index is -0.259. The molecule has 3 fully saturated rings. The summed E-state index contributed by atoms with van der Waals surface area (Å²) >= 11 is 9.77. The molecule has 2 aromatic rings. The minimum absolute atomic E-state index is 0.179. The van der Waals surface area contributed by atoms with Gasteiger partial charge in [-0.3, -0.25) is 9.59 Å². The fraction of sp³-hybridized carbons (Fsp3) is 0.346. The predicted octanol–water partition coefficient (Wildman–Crippen LogP) is 5.08. The fourth-order valence-corrected chi connectivity index (χ4v) is 6.66. The highest BCUT2D eigenvalue weighted by Gasteiger charge is 2.67. The van der Waals surface area contributed by atoms with Crippen LogP contribution in [0.2, 0.25) is 5.02 Å². The number of ether oxygens (including phenoxy) is 2. The van der Waals surface area contributed by atoms with Gasteiger partial charge in [-0.2, -0.15) is 10.1 Å². The lowest BCUT2D eigenvalue weighted by Gasteiger charge is -2.37. The van der Waals surface area contributed by atoms with Crippen LogP contribution in [0.15, 0.2) is 58.1 Å². The number of methoxy groups -OCH3 is 1. The molecule has 0 aromatic heterocycles. The average molecular weight is 542 g/mol. The summed E-state index contributed by atoms with van der Waals surface area (Å²) < 4.78 is 12.2. The van der Waals surface area contributed by atoms with Crippen LogP contribution in [-0.2, 0) is 16.2 Å². The lowest BCUT2D eigenvalue weighted by Crippen LogP contribution is -2.40. The molecule has 0 spiro atoms. The highest BCUT2D eigenvalue weighted by atomic mass is 79.9. The van der Waals surface area contributed by atoms with Crippen molar-refractivity contribution in [2.75, 3.05) is 7.11 Å². The molecule has 0 unspecified atom stereocenters. The van der Waals surface area contributed by atoms with E-state index >= 15 is 0 Å². The van der Waals surface area contributed by atoms with Gasteiger partial charge in [0.05, 0.1) is 29.6 Å². The molecule has 2 bridgehead atoms. The first kappa shape index (κ1) is 21.9. The number of amides is 2. The predicted molar refractivity (Wildman–Crippen MR) is 131 cm³/mol. The summed E-state index contributed by atoms with van der Waals surface area (Å²) in [6.07, 6.45) is 6.97. The third kappa shape index (κ3) is 3.40. The molecule has 6 atom stereocenters. The summed E-state index contributed by atoms with van der Waals surface area (Å²) in [5.74, 6) is 1.64. The van der Waals surface area contributed by atoms with Crippen LogP contribution in [0.4, 0.5) is 0 Å². The summed E-state index contributed by atoms with van der Waals surface area (Å²) in [6.45, 7) is 0.278. The van der Waals surface area contributed by atoms with Crippen LogP contribution < -0.4 is 9.47 Å². The van der Waals surface area contributed by atoms with Gasteiger partial charge in [-0.1, -0.05) is 42.0 Å². The fourth-order valence-electron chi connectivity index (χ4n) is 5.90. The van der Waals surface area contributed by atoms with Crippen LogP contribution in [0, 0.1) is 35.5 Å². The zero-order valence-corrected chi connectivity index (χ0v) is 20.7. The van der Waals surface area contributed by atoms with Crippen LogP contribution in [0.25, 0.3) is 0 Å². The number of hydrazone groups is 1. The van der Waals surface area contributed by atoms with Gasteiger partial charge >= 0.3 is 0 Å². The van der Waals surface area contributed by atoms with Crippen molar-refractivity contribution >= 4 is 45.6 Å². The zero-order chi connectivity index (χ0) is 23.6. The van der Waals surface area contributed by atoms with E-state index in [-0.39, 0.29) is 42.1 Å². The summed E-state index contributed by atoms with van der Waals surface area (Å²) in [7, 11) is 1.55. The highest BCUT2D eigenvalue weighted by molar-refractivity contribution is 9.10. The van der Waals surface area contributed by atoms with Crippen molar-refractivity contribution in [2.45, 2.75) is 13.0 Å². The molecule has 4 aliphatic carbocycles. The number of halogens is 2. The number of rotatable bonds is 6. The van der Waals surface area contributed by atoms with E-state index in [4.69, 9.17) is 21.1 Å². The average Bonchev–Trinajstić information content (AvgIpc) is 3.62. The third-order valence-corrected chi connectivity index (χ3v) is 8.50. The second kappa shape index (κ2) is 8.24. The molecule has 2 saturated carbocycles. The minimum Gasteiger partial charge on any atom is -0.493 e. The standard InChI is InChI=1S/C26H22BrClN2O4/c1-33-21-9-13(8-19(27)24(21)34-12-14-4-2-3-5-20(14)28)11-29-30-25(31)22-15-6-7-16(18-10-17(15)18)23(22)26(30)32/h2-9,11,15-18,22-23H,10,12H2,1H3/b29-11-/t15-,16+,17-,18-,22+,23+/m1/s1. The van der Waals surface area contributed by atoms with E-state index in [0.29, 0.717) is 38.4 Å². The monoisotopic (exact) mass is 540 g/mol. The Morgan fingerprint density at radius 1 is 1.12 bits per heavy atom. The number of benzene rings is 2. The van der Waals surface area contributed by atoms with Gasteiger partial charge < -0.3 is 9.47 Å². The molecule has 8 heteroatoms. The molecule has 0 radical (unpaired) electrons. The quantitative estimate of drug-likeness (QED) is 0.291. The number of allylic oxidation sites excluding steroid dienone is 2. The summed E-state index contributed by atoms with van der Waals surface area (Å²) in [5, 5.41) is 6.02. The molecule has 0 N–H and O–H groups in total. The van der Waals surface area contributed by atoms with E-state index in [1.165, 1.54) is 6.21 Å². The third-order valence-electron chi connectivity index (χ3n) is 7.54. The Balaban J connectivity index is 1.21. The topological polar surface area (TPSA) is 68.2 Å². The molecule has 7 rings (SSSR count). The Morgan fingerprint density at radius 3 is 2.44 bits per heavy atom. The number of carbonyl (C=O) groups is 2. The van der Waals surface area contributed by atoms with Gasteiger partial charge in [0, 0.05) is 10.6 Å². The maximum atomic E-state index is 13.1. The van der Waals surface area contributed by atoms with Gasteiger partial charge in [0.25, 0.3) is 11.8 Å². The van der Waals surface area contributed by atoms with Gasteiger partial charge in [-0.25, -0.2) is 0 Å². The zero-order valence-electron chi connectivity index (χ0n) is 18.4. The molecule has 5 aliphatic rings. The van der Waals surface area contributed by atoms with Crippen molar-refractivity contribution < 1.29 is 19.1 Å². The first-order valence-electron chi connectivity index (χ1n) is 11.3. The number of hydrogen-bond acceptors (Lipinski definition) is 5. The second-order valence-corrected chi connectivity index (χ2v) is 10.6. The normalized spacial score (nSPS) is 30.6. The van der Waals surface area contributed by atoms with Crippen LogP contribution >= 0.6 is 27.5 Å². The SMILES string of the molecule is COc1cc(/C=N\N2C(=O)[C@H]3[C@@H]4C=C[C@@H]([C@H]5C[C@H]45)[C@@H]3C2=O)cc(Br)c1OCc1ccccc1Cl. The molecule has 2 amide bonds. The molecule has 6 nitrogen and oxygen atoms in total. The maximum absolute atomic E-state index is 13.1. The highest BCUT2D eigenvalue weighted by Crippen LogP contribution is 2.65. The van der Waals surface area contributed by atoms with Crippen LogP contribution in [0.1, 0.15) is 17.5 Å². The van der Waals surface area contributed by atoms with E-state index < -0.39 is 0 Å². The Bertz CT molecular complexity index is 1230. The Hall–Kier alpha value is -2.64. The van der Waals surface area contributed by atoms with Crippen molar-refractivity contribution in [2.24, 2.45) is 40.6 Å². The molecular weight excluding hydrogens is 520 g/mol. The van der Waals surface area contributed by atoms with E-state index in [2.05, 4.69) is 33.2 Å². The molecule has 1 aliphatic heterocycles. The van der Waals surface area contributed by atoms with Crippen molar-refractivity contribution in [1.82, 2.24) is 5.01 Å². The van der Waals surface area contributed by atoms with E-state index in [1.807, 2.05) is 30.3 Å². The number of nitrogens with zero attached hydrogens (tertiary/aromatic N) is 2. The lowest BCUT2D eigenvalue weighted by molar-refractivity contribution is -0.140. The molecule has 1 heterocycles. The second-order valence-electron chi connectivity index (χ2n) is 9.30. The van der Waals surface area contributed by atoms with Gasteiger partial charge in [-0.15, -0.1) is 0 Å². The van der Waals surface area contributed by atoms with Crippen LogP contribution in [-0.4, -0.2) is 30.1 Å².